The van der Waals surface area contributed by atoms with Gasteiger partial charge in [-0.05, 0) is 49.2 Å². The molecule has 1 aliphatic rings. The Morgan fingerprint density at radius 3 is 1.79 bits per heavy atom. The van der Waals surface area contributed by atoms with E-state index >= 15 is 0 Å². The summed E-state index contributed by atoms with van der Waals surface area (Å²) in [5, 5.41) is 0. The summed E-state index contributed by atoms with van der Waals surface area (Å²) in [7, 11) is -4.69. The second-order valence-electron chi connectivity index (χ2n) is 7.72. The van der Waals surface area contributed by atoms with Gasteiger partial charge in [-0.15, -0.1) is 0 Å². The number of nitrogens with one attached hydrogen (secondary N) is 2. The zero-order chi connectivity index (χ0) is 24.2. The molecule has 0 atom stereocenters. The Labute approximate surface area is 193 Å². The summed E-state index contributed by atoms with van der Waals surface area (Å²) >= 11 is 0. The topological polar surface area (TPSA) is 133 Å². The Morgan fingerprint density at radius 1 is 0.788 bits per heavy atom. The van der Waals surface area contributed by atoms with Gasteiger partial charge in [-0.1, -0.05) is 18.6 Å². The van der Waals surface area contributed by atoms with Crippen molar-refractivity contribution in [2.45, 2.75) is 29.1 Å². The quantitative estimate of drug-likeness (QED) is 0.580. The minimum Gasteiger partial charge on any atom is -0.267 e. The first-order chi connectivity index (χ1) is 15.5. The first-order valence-electron chi connectivity index (χ1n) is 10.3. The second-order valence-corrected chi connectivity index (χ2v) is 11.8. The van der Waals surface area contributed by atoms with Crippen LogP contribution in [-0.2, 0) is 20.0 Å². The number of piperidine rings is 1. The van der Waals surface area contributed by atoms with Crippen molar-refractivity contribution in [2.24, 2.45) is 0 Å². The van der Waals surface area contributed by atoms with E-state index in [2.05, 4.69) is 10.9 Å². The van der Waals surface area contributed by atoms with Gasteiger partial charge in [0.2, 0.25) is 20.0 Å². The maximum absolute atomic E-state index is 12.8. The van der Waals surface area contributed by atoms with Gasteiger partial charge >= 0.3 is 0 Å². The highest BCUT2D eigenvalue weighted by atomic mass is 32.2. The molecule has 0 radical (unpaired) electrons. The molecule has 2 aromatic rings. The first kappa shape index (κ1) is 24.8. The largest absolute Gasteiger partial charge is 0.269 e. The van der Waals surface area contributed by atoms with Crippen molar-refractivity contribution < 1.29 is 26.4 Å². The average Bonchev–Trinajstić information content (AvgIpc) is 2.82. The summed E-state index contributed by atoms with van der Waals surface area (Å²) in [5.74, 6) is -1.44. The van der Waals surface area contributed by atoms with Crippen molar-refractivity contribution in [2.75, 3.05) is 27.2 Å². The van der Waals surface area contributed by atoms with Gasteiger partial charge in [0, 0.05) is 38.3 Å². The third kappa shape index (κ3) is 5.58. The number of hydrogen-bond donors (Lipinski definition) is 2. The minimum absolute atomic E-state index is 0.00460. The molecule has 10 nitrogen and oxygen atoms in total. The van der Waals surface area contributed by atoms with Crippen molar-refractivity contribution in [1.82, 2.24) is 19.5 Å². The number of carbonyl (C=O) groups is 2. The van der Waals surface area contributed by atoms with Crippen LogP contribution in [0.15, 0.2) is 58.3 Å². The molecule has 0 aromatic heterocycles. The van der Waals surface area contributed by atoms with Gasteiger partial charge in [0.05, 0.1) is 9.79 Å². The fourth-order valence-corrected chi connectivity index (χ4v) is 5.83. The van der Waals surface area contributed by atoms with Gasteiger partial charge in [-0.2, -0.15) is 4.31 Å². The molecule has 12 heteroatoms. The molecule has 0 bridgehead atoms. The SMILES string of the molecule is CN(C)S(=O)(=O)c1cccc(C(=O)NNC(=O)c2cccc(S(=O)(=O)N3CCCCC3)c2)c1. The third-order valence-electron chi connectivity index (χ3n) is 5.21. The number of rotatable bonds is 6. The summed E-state index contributed by atoms with van der Waals surface area (Å²) in [6.45, 7) is 0.884. The molecule has 3 rings (SSSR count). The van der Waals surface area contributed by atoms with E-state index < -0.39 is 31.9 Å². The summed E-state index contributed by atoms with van der Waals surface area (Å²) < 4.78 is 52.6. The van der Waals surface area contributed by atoms with Crippen molar-refractivity contribution in [1.29, 1.82) is 0 Å². The Hall–Kier alpha value is -2.80. The van der Waals surface area contributed by atoms with E-state index in [1.165, 1.54) is 66.9 Å². The number of hydrazine groups is 1. The molecule has 33 heavy (non-hydrogen) atoms. The smallest absolute Gasteiger partial charge is 0.267 e. The lowest BCUT2D eigenvalue weighted by atomic mass is 10.2. The first-order valence-corrected chi connectivity index (χ1v) is 13.1. The number of sulfonamides is 2. The normalized spacial score (nSPS) is 15.2. The molecule has 0 spiro atoms. The van der Waals surface area contributed by atoms with Gasteiger partial charge in [-0.25, -0.2) is 21.1 Å². The Balaban J connectivity index is 1.70. The molecule has 0 saturated carbocycles. The van der Waals surface area contributed by atoms with Gasteiger partial charge in [-0.3, -0.25) is 20.4 Å². The summed E-state index contributed by atoms with van der Waals surface area (Å²) in [6.07, 6.45) is 2.57. The molecule has 2 amide bonds. The van der Waals surface area contributed by atoms with Crippen LogP contribution in [0.25, 0.3) is 0 Å². The van der Waals surface area contributed by atoms with E-state index in [0.29, 0.717) is 13.1 Å². The van der Waals surface area contributed by atoms with Crippen LogP contribution >= 0.6 is 0 Å². The fourth-order valence-electron chi connectivity index (χ4n) is 3.32. The predicted molar refractivity (Wildman–Crippen MR) is 121 cm³/mol. The lowest BCUT2D eigenvalue weighted by molar-refractivity contribution is 0.0846. The maximum atomic E-state index is 12.8. The highest BCUT2D eigenvalue weighted by molar-refractivity contribution is 7.89. The Kier molecular flexibility index (Phi) is 7.52. The molecule has 1 aliphatic heterocycles. The van der Waals surface area contributed by atoms with Crippen LogP contribution in [0.3, 0.4) is 0 Å². The third-order valence-corrected chi connectivity index (χ3v) is 8.92. The zero-order valence-electron chi connectivity index (χ0n) is 18.3. The van der Waals surface area contributed by atoms with E-state index in [1.54, 1.807) is 0 Å². The number of amides is 2. The summed E-state index contributed by atoms with van der Waals surface area (Å²) in [4.78, 5) is 24.9. The molecule has 1 saturated heterocycles. The summed E-state index contributed by atoms with van der Waals surface area (Å²) in [5.41, 5.74) is 4.53. The Morgan fingerprint density at radius 2 is 1.27 bits per heavy atom. The fraction of sp³-hybridized carbons (Fsp3) is 0.333. The van der Waals surface area contributed by atoms with Crippen LogP contribution in [0.2, 0.25) is 0 Å². The molecule has 178 valence electrons. The monoisotopic (exact) mass is 494 g/mol. The van der Waals surface area contributed by atoms with Crippen molar-refractivity contribution >= 4 is 31.9 Å². The molecule has 0 aliphatic carbocycles. The van der Waals surface area contributed by atoms with E-state index in [9.17, 15) is 26.4 Å². The standard InChI is InChI=1S/C21H26N4O6S2/c1-24(2)32(28,29)18-10-6-8-16(14-18)20(26)22-23-21(27)17-9-7-11-19(15-17)33(30,31)25-12-4-3-5-13-25/h6-11,14-15H,3-5,12-13H2,1-2H3,(H,22,26)(H,23,27). The highest BCUT2D eigenvalue weighted by Gasteiger charge is 2.26. The van der Waals surface area contributed by atoms with Crippen molar-refractivity contribution in [3.05, 3.63) is 59.7 Å². The number of nitrogens with zero attached hydrogens (tertiary/aromatic N) is 2. The maximum Gasteiger partial charge on any atom is 0.269 e. The van der Waals surface area contributed by atoms with Crippen LogP contribution in [-0.4, -0.2) is 64.4 Å². The van der Waals surface area contributed by atoms with E-state index in [-0.39, 0.29) is 20.9 Å². The lowest BCUT2D eigenvalue weighted by Gasteiger charge is -2.26. The number of hydrogen-bond acceptors (Lipinski definition) is 6. The molecule has 1 heterocycles. The van der Waals surface area contributed by atoms with E-state index in [1.807, 2.05) is 0 Å². The van der Waals surface area contributed by atoms with Gasteiger partial charge < -0.3 is 0 Å². The van der Waals surface area contributed by atoms with Crippen LogP contribution in [0.5, 0.6) is 0 Å². The summed E-state index contributed by atoms with van der Waals surface area (Å²) in [6, 6.07) is 11.0. The minimum atomic E-state index is -3.73. The van der Waals surface area contributed by atoms with Crippen molar-refractivity contribution in [3.63, 3.8) is 0 Å². The van der Waals surface area contributed by atoms with Crippen LogP contribution in [0.4, 0.5) is 0 Å². The Bertz CT molecular complexity index is 1250. The van der Waals surface area contributed by atoms with Gasteiger partial charge in [0.25, 0.3) is 11.8 Å². The lowest BCUT2D eigenvalue weighted by Crippen LogP contribution is -2.41. The molecule has 2 N–H and O–H groups in total. The molecule has 0 unspecified atom stereocenters. The van der Waals surface area contributed by atoms with Crippen molar-refractivity contribution in [3.8, 4) is 0 Å². The van der Waals surface area contributed by atoms with Crippen LogP contribution in [0, 0.1) is 0 Å². The van der Waals surface area contributed by atoms with Crippen LogP contribution in [0.1, 0.15) is 40.0 Å². The second kappa shape index (κ2) is 10.00. The average molecular weight is 495 g/mol. The van der Waals surface area contributed by atoms with Gasteiger partial charge in [0.1, 0.15) is 0 Å². The molecule has 1 fully saturated rings. The molecular weight excluding hydrogens is 468 g/mol. The van der Waals surface area contributed by atoms with Gasteiger partial charge in [0.15, 0.2) is 0 Å². The predicted octanol–water partition coefficient (Wildman–Crippen LogP) is 1.19. The zero-order valence-corrected chi connectivity index (χ0v) is 19.9. The molecule has 2 aromatic carbocycles. The van der Waals surface area contributed by atoms with E-state index in [4.69, 9.17) is 0 Å². The number of benzene rings is 2. The van der Waals surface area contributed by atoms with Crippen LogP contribution < -0.4 is 10.9 Å². The molecular formula is C21H26N4O6S2. The highest BCUT2D eigenvalue weighted by Crippen LogP contribution is 2.21. The number of carbonyl (C=O) groups excluding carboxylic acids is 2. The van der Waals surface area contributed by atoms with E-state index in [0.717, 1.165) is 23.6 Å².